The first-order valence-corrected chi connectivity index (χ1v) is 7.38. The van der Waals surface area contributed by atoms with E-state index in [1.807, 2.05) is 42.5 Å². The Morgan fingerprint density at radius 3 is 2.00 bits per heavy atom. The number of halogens is 1. The molecule has 0 aromatic heterocycles. The van der Waals surface area contributed by atoms with E-state index in [4.69, 9.17) is 14.2 Å². The summed E-state index contributed by atoms with van der Waals surface area (Å²) in [4.78, 5) is 0. The molecule has 20 heavy (non-hydrogen) atoms. The molecule has 0 aliphatic heterocycles. The van der Waals surface area contributed by atoms with Crippen LogP contribution in [-0.4, -0.2) is 14.2 Å². The van der Waals surface area contributed by atoms with Crippen molar-refractivity contribution in [1.82, 2.24) is 0 Å². The van der Waals surface area contributed by atoms with Crippen molar-refractivity contribution in [3.8, 4) is 17.2 Å². The molecule has 0 radical (unpaired) electrons. The molecule has 0 aliphatic carbocycles. The molecule has 0 bridgehead atoms. The normalized spacial score (nSPS) is 10.2. The summed E-state index contributed by atoms with van der Waals surface area (Å²) in [6, 6.07) is 13.9. The zero-order valence-corrected chi connectivity index (χ0v) is 13.1. The van der Waals surface area contributed by atoms with Gasteiger partial charge in [-0.3, -0.25) is 0 Å². The third-order valence-corrected chi connectivity index (χ3v) is 3.55. The van der Waals surface area contributed by atoms with E-state index in [1.54, 1.807) is 14.2 Å². The standard InChI is InChI=1S/C16H17BrO3/c1-18-14-8-13(10-17)9-15(19-2)16(14)20-11-12-6-4-3-5-7-12/h3-9H,10-11H2,1-2H3. The van der Waals surface area contributed by atoms with Crippen molar-refractivity contribution < 1.29 is 14.2 Å². The molecule has 0 spiro atoms. The maximum atomic E-state index is 5.87. The highest BCUT2D eigenvalue weighted by atomic mass is 79.9. The Balaban J connectivity index is 2.25. The summed E-state index contributed by atoms with van der Waals surface area (Å²) in [7, 11) is 3.25. The van der Waals surface area contributed by atoms with E-state index in [1.165, 1.54) is 0 Å². The molecule has 0 heterocycles. The van der Waals surface area contributed by atoms with Crippen LogP contribution >= 0.6 is 15.9 Å². The fourth-order valence-corrected chi connectivity index (χ4v) is 2.21. The molecule has 0 atom stereocenters. The summed E-state index contributed by atoms with van der Waals surface area (Å²) in [5.41, 5.74) is 2.17. The van der Waals surface area contributed by atoms with Gasteiger partial charge in [0.2, 0.25) is 5.75 Å². The van der Waals surface area contributed by atoms with Crippen LogP contribution in [0.1, 0.15) is 11.1 Å². The lowest BCUT2D eigenvalue weighted by molar-refractivity contribution is 0.265. The number of ether oxygens (including phenoxy) is 3. The lowest BCUT2D eigenvalue weighted by Crippen LogP contribution is -2.01. The topological polar surface area (TPSA) is 27.7 Å². The fourth-order valence-electron chi connectivity index (χ4n) is 1.88. The third-order valence-electron chi connectivity index (χ3n) is 2.90. The van der Waals surface area contributed by atoms with Gasteiger partial charge in [0.1, 0.15) is 6.61 Å². The Morgan fingerprint density at radius 2 is 1.50 bits per heavy atom. The van der Waals surface area contributed by atoms with Crippen LogP contribution in [0.25, 0.3) is 0 Å². The van der Waals surface area contributed by atoms with Crippen molar-refractivity contribution in [2.45, 2.75) is 11.9 Å². The minimum Gasteiger partial charge on any atom is -0.493 e. The van der Waals surface area contributed by atoms with Gasteiger partial charge in [-0.15, -0.1) is 0 Å². The quantitative estimate of drug-likeness (QED) is 0.740. The van der Waals surface area contributed by atoms with Crippen LogP contribution in [-0.2, 0) is 11.9 Å². The number of hydrogen-bond acceptors (Lipinski definition) is 3. The predicted molar refractivity (Wildman–Crippen MR) is 83.0 cm³/mol. The van der Waals surface area contributed by atoms with Gasteiger partial charge in [-0.1, -0.05) is 46.3 Å². The van der Waals surface area contributed by atoms with Crippen LogP contribution in [0.3, 0.4) is 0 Å². The molecule has 3 nitrogen and oxygen atoms in total. The van der Waals surface area contributed by atoms with Crippen molar-refractivity contribution in [3.05, 3.63) is 53.6 Å². The number of rotatable bonds is 6. The van der Waals surface area contributed by atoms with Gasteiger partial charge in [0.05, 0.1) is 14.2 Å². The Kier molecular flexibility index (Phi) is 5.30. The molecule has 106 valence electrons. The molecular weight excluding hydrogens is 320 g/mol. The first-order valence-electron chi connectivity index (χ1n) is 6.26. The van der Waals surface area contributed by atoms with E-state index in [2.05, 4.69) is 15.9 Å². The zero-order chi connectivity index (χ0) is 14.4. The van der Waals surface area contributed by atoms with Gasteiger partial charge in [-0.05, 0) is 23.3 Å². The molecular formula is C16H17BrO3. The van der Waals surface area contributed by atoms with E-state index < -0.39 is 0 Å². The lowest BCUT2D eigenvalue weighted by atomic mass is 10.2. The van der Waals surface area contributed by atoms with Crippen LogP contribution in [0.4, 0.5) is 0 Å². The largest absolute Gasteiger partial charge is 0.493 e. The summed E-state index contributed by atoms with van der Waals surface area (Å²) >= 11 is 3.43. The average molecular weight is 337 g/mol. The van der Waals surface area contributed by atoms with E-state index in [-0.39, 0.29) is 0 Å². The summed E-state index contributed by atoms with van der Waals surface area (Å²) in [6.45, 7) is 0.473. The molecule has 0 fully saturated rings. The summed E-state index contributed by atoms with van der Waals surface area (Å²) < 4.78 is 16.7. The Labute approximate surface area is 127 Å². The number of methoxy groups -OCH3 is 2. The van der Waals surface area contributed by atoms with E-state index in [9.17, 15) is 0 Å². The average Bonchev–Trinajstić information content (AvgIpc) is 2.52. The van der Waals surface area contributed by atoms with Gasteiger partial charge in [-0.25, -0.2) is 0 Å². The molecule has 4 heteroatoms. The van der Waals surface area contributed by atoms with Crippen molar-refractivity contribution >= 4 is 15.9 Å². The van der Waals surface area contributed by atoms with Crippen LogP contribution in [0.5, 0.6) is 17.2 Å². The number of alkyl halides is 1. The maximum Gasteiger partial charge on any atom is 0.203 e. The molecule has 0 saturated heterocycles. The van der Waals surface area contributed by atoms with Gasteiger partial charge < -0.3 is 14.2 Å². The first kappa shape index (κ1) is 14.7. The SMILES string of the molecule is COc1cc(CBr)cc(OC)c1OCc1ccccc1. The Hall–Kier alpha value is -1.68. The molecule has 0 aliphatic rings. The first-order chi connectivity index (χ1) is 9.78. The summed E-state index contributed by atoms with van der Waals surface area (Å²) in [6.07, 6.45) is 0. The Morgan fingerprint density at radius 1 is 0.900 bits per heavy atom. The zero-order valence-electron chi connectivity index (χ0n) is 11.6. The van der Waals surface area contributed by atoms with E-state index in [0.29, 0.717) is 23.9 Å². The van der Waals surface area contributed by atoms with Crippen molar-refractivity contribution in [1.29, 1.82) is 0 Å². The number of benzene rings is 2. The number of hydrogen-bond donors (Lipinski definition) is 0. The van der Waals surface area contributed by atoms with Crippen LogP contribution in [0, 0.1) is 0 Å². The summed E-state index contributed by atoms with van der Waals surface area (Å²) in [5.74, 6) is 1.98. The maximum absolute atomic E-state index is 5.87. The van der Waals surface area contributed by atoms with Gasteiger partial charge in [0, 0.05) is 5.33 Å². The second kappa shape index (κ2) is 7.20. The van der Waals surface area contributed by atoms with Gasteiger partial charge in [0.25, 0.3) is 0 Å². The lowest BCUT2D eigenvalue weighted by Gasteiger charge is -2.15. The van der Waals surface area contributed by atoms with Crippen molar-refractivity contribution in [3.63, 3.8) is 0 Å². The van der Waals surface area contributed by atoms with E-state index in [0.717, 1.165) is 16.5 Å². The molecule has 2 rings (SSSR count). The minimum atomic E-state index is 0.473. The molecule has 2 aromatic rings. The van der Waals surface area contributed by atoms with Gasteiger partial charge >= 0.3 is 0 Å². The Bertz CT molecular complexity index is 530. The van der Waals surface area contributed by atoms with Crippen molar-refractivity contribution in [2.75, 3.05) is 14.2 Å². The van der Waals surface area contributed by atoms with Gasteiger partial charge in [-0.2, -0.15) is 0 Å². The van der Waals surface area contributed by atoms with Gasteiger partial charge in [0.15, 0.2) is 11.5 Å². The molecule has 0 saturated carbocycles. The minimum absolute atomic E-state index is 0.473. The smallest absolute Gasteiger partial charge is 0.203 e. The highest BCUT2D eigenvalue weighted by Gasteiger charge is 2.14. The molecule has 0 unspecified atom stereocenters. The van der Waals surface area contributed by atoms with E-state index >= 15 is 0 Å². The van der Waals surface area contributed by atoms with Crippen LogP contribution < -0.4 is 14.2 Å². The summed E-state index contributed by atoms with van der Waals surface area (Å²) in [5, 5.41) is 0.735. The van der Waals surface area contributed by atoms with Crippen LogP contribution in [0.15, 0.2) is 42.5 Å². The third kappa shape index (κ3) is 3.45. The predicted octanol–water partition coefficient (Wildman–Crippen LogP) is 4.18. The van der Waals surface area contributed by atoms with Crippen molar-refractivity contribution in [2.24, 2.45) is 0 Å². The molecule has 0 N–H and O–H groups in total. The fraction of sp³-hybridized carbons (Fsp3) is 0.250. The molecule has 0 amide bonds. The monoisotopic (exact) mass is 336 g/mol. The molecule has 2 aromatic carbocycles. The van der Waals surface area contributed by atoms with Crippen LogP contribution in [0.2, 0.25) is 0 Å². The second-order valence-electron chi connectivity index (χ2n) is 4.24. The highest BCUT2D eigenvalue weighted by molar-refractivity contribution is 9.08. The highest BCUT2D eigenvalue weighted by Crippen LogP contribution is 2.39. The second-order valence-corrected chi connectivity index (χ2v) is 4.80.